The highest BCUT2D eigenvalue weighted by Crippen LogP contribution is 2.20. The average Bonchev–Trinajstić information content (AvgIpc) is 2.18. The first-order valence-corrected chi connectivity index (χ1v) is 4.83. The zero-order valence-corrected chi connectivity index (χ0v) is 9.25. The fourth-order valence-electron chi connectivity index (χ4n) is 0.905. The van der Waals surface area contributed by atoms with Crippen molar-refractivity contribution < 1.29 is 4.74 Å². The van der Waals surface area contributed by atoms with Crippen LogP contribution in [-0.4, -0.2) is 28.5 Å². The molecule has 0 aliphatic rings. The first kappa shape index (κ1) is 11.0. The van der Waals surface area contributed by atoms with E-state index in [9.17, 15) is 0 Å². The van der Waals surface area contributed by atoms with Crippen molar-refractivity contribution in [2.45, 2.75) is 25.3 Å². The normalized spacial score (nSPS) is 14.6. The number of alkyl halides is 1. The second-order valence-corrected chi connectivity index (χ2v) is 3.74. The highest BCUT2D eigenvalue weighted by molar-refractivity contribution is 6.20. The molecule has 0 saturated heterocycles. The van der Waals surface area contributed by atoms with Gasteiger partial charge in [0.2, 0.25) is 0 Å². The molecule has 1 heterocycles. The summed E-state index contributed by atoms with van der Waals surface area (Å²) in [6.45, 7) is 3.91. The van der Waals surface area contributed by atoms with Crippen LogP contribution < -0.4 is 10.1 Å². The summed E-state index contributed by atoms with van der Waals surface area (Å²) in [5.74, 6) is 1.29. The highest BCUT2D eigenvalue weighted by Gasteiger charge is 2.11. The molecule has 2 atom stereocenters. The van der Waals surface area contributed by atoms with Gasteiger partial charge in [0.15, 0.2) is 11.6 Å². The molecule has 0 spiro atoms. The Kier molecular flexibility index (Phi) is 3.95. The summed E-state index contributed by atoms with van der Waals surface area (Å²) in [5, 5.41) is 3.18. The zero-order valence-electron chi connectivity index (χ0n) is 8.49. The molecule has 0 aromatic carbocycles. The van der Waals surface area contributed by atoms with Gasteiger partial charge in [0, 0.05) is 6.04 Å². The van der Waals surface area contributed by atoms with Gasteiger partial charge < -0.3 is 10.1 Å². The van der Waals surface area contributed by atoms with Crippen molar-refractivity contribution in [1.82, 2.24) is 9.97 Å². The number of anilines is 1. The Morgan fingerprint density at radius 3 is 2.79 bits per heavy atom. The van der Waals surface area contributed by atoms with Gasteiger partial charge in [0.25, 0.3) is 0 Å². The molecule has 5 heteroatoms. The fraction of sp³-hybridized carbons (Fsp3) is 0.556. The van der Waals surface area contributed by atoms with Crippen molar-refractivity contribution in [3.63, 3.8) is 0 Å². The van der Waals surface area contributed by atoms with Crippen LogP contribution in [0.15, 0.2) is 12.5 Å². The van der Waals surface area contributed by atoms with Crippen LogP contribution in [0.3, 0.4) is 0 Å². The van der Waals surface area contributed by atoms with E-state index < -0.39 is 0 Å². The summed E-state index contributed by atoms with van der Waals surface area (Å²) in [5.41, 5.74) is 0. The summed E-state index contributed by atoms with van der Waals surface area (Å²) < 4.78 is 5.10. The molecule has 0 aliphatic carbocycles. The van der Waals surface area contributed by atoms with Crippen molar-refractivity contribution in [1.29, 1.82) is 0 Å². The van der Waals surface area contributed by atoms with Crippen LogP contribution in [0.25, 0.3) is 0 Å². The second-order valence-electron chi connectivity index (χ2n) is 3.05. The standard InChI is InChI=1S/C9H14ClN3O/c1-6(10)7(2)13-9-8(14-3)4-11-5-12-9/h4-7H,1-3H3,(H,11,12,13). The van der Waals surface area contributed by atoms with E-state index in [0.717, 1.165) is 0 Å². The van der Waals surface area contributed by atoms with Crippen molar-refractivity contribution in [3.8, 4) is 5.75 Å². The van der Waals surface area contributed by atoms with Gasteiger partial charge >= 0.3 is 0 Å². The Morgan fingerprint density at radius 1 is 1.50 bits per heavy atom. The zero-order chi connectivity index (χ0) is 10.6. The third-order valence-electron chi connectivity index (χ3n) is 1.95. The van der Waals surface area contributed by atoms with Gasteiger partial charge in [-0.05, 0) is 13.8 Å². The van der Waals surface area contributed by atoms with Crippen molar-refractivity contribution in [2.75, 3.05) is 12.4 Å². The Balaban J connectivity index is 2.75. The van der Waals surface area contributed by atoms with Crippen molar-refractivity contribution >= 4 is 17.4 Å². The van der Waals surface area contributed by atoms with E-state index in [1.54, 1.807) is 13.3 Å². The van der Waals surface area contributed by atoms with Gasteiger partial charge in [0.1, 0.15) is 6.33 Å². The third-order valence-corrected chi connectivity index (χ3v) is 2.33. The molecule has 0 fully saturated rings. The minimum atomic E-state index is 0.0228. The monoisotopic (exact) mass is 215 g/mol. The molecule has 1 rings (SSSR count). The second kappa shape index (κ2) is 5.00. The van der Waals surface area contributed by atoms with Crippen LogP contribution in [0.5, 0.6) is 5.75 Å². The number of hydrogen-bond acceptors (Lipinski definition) is 4. The SMILES string of the molecule is COc1cncnc1NC(C)C(C)Cl. The van der Waals surface area contributed by atoms with Gasteiger partial charge in [-0.2, -0.15) is 0 Å². The molecule has 0 bridgehead atoms. The summed E-state index contributed by atoms with van der Waals surface area (Å²) in [4.78, 5) is 7.93. The van der Waals surface area contributed by atoms with Crippen LogP contribution in [0, 0.1) is 0 Å². The van der Waals surface area contributed by atoms with E-state index in [4.69, 9.17) is 16.3 Å². The maximum absolute atomic E-state index is 5.93. The number of nitrogens with zero attached hydrogens (tertiary/aromatic N) is 2. The van der Waals surface area contributed by atoms with E-state index in [2.05, 4.69) is 15.3 Å². The number of nitrogens with one attached hydrogen (secondary N) is 1. The van der Waals surface area contributed by atoms with Crippen LogP contribution in [0.1, 0.15) is 13.8 Å². The smallest absolute Gasteiger partial charge is 0.179 e. The molecule has 14 heavy (non-hydrogen) atoms. The van der Waals surface area contributed by atoms with Gasteiger partial charge in [-0.15, -0.1) is 11.6 Å². The summed E-state index contributed by atoms with van der Waals surface area (Å²) in [7, 11) is 1.58. The van der Waals surface area contributed by atoms with E-state index in [1.165, 1.54) is 6.33 Å². The topological polar surface area (TPSA) is 47.0 Å². The average molecular weight is 216 g/mol. The Labute approximate surface area is 88.7 Å². The molecule has 78 valence electrons. The quantitative estimate of drug-likeness (QED) is 0.780. The maximum Gasteiger partial charge on any atom is 0.179 e. The minimum Gasteiger partial charge on any atom is -0.491 e. The number of ether oxygens (including phenoxy) is 1. The molecular weight excluding hydrogens is 202 g/mol. The lowest BCUT2D eigenvalue weighted by molar-refractivity contribution is 0.412. The fourth-order valence-corrected chi connectivity index (χ4v) is 0.968. The highest BCUT2D eigenvalue weighted by atomic mass is 35.5. The molecule has 1 aromatic rings. The molecule has 0 amide bonds. The van der Waals surface area contributed by atoms with E-state index in [0.29, 0.717) is 11.6 Å². The Morgan fingerprint density at radius 2 is 2.21 bits per heavy atom. The van der Waals surface area contributed by atoms with Gasteiger partial charge in [-0.1, -0.05) is 0 Å². The predicted octanol–water partition coefficient (Wildman–Crippen LogP) is 1.91. The molecule has 2 unspecified atom stereocenters. The summed E-state index contributed by atoms with van der Waals surface area (Å²) in [6.07, 6.45) is 3.08. The number of methoxy groups -OCH3 is 1. The Hall–Kier alpha value is -1.03. The first-order chi connectivity index (χ1) is 6.65. The molecule has 1 N–H and O–H groups in total. The summed E-state index contributed by atoms with van der Waals surface area (Å²) >= 11 is 5.93. The van der Waals surface area contributed by atoms with Crippen molar-refractivity contribution in [2.24, 2.45) is 0 Å². The summed E-state index contributed by atoms with van der Waals surface area (Å²) in [6, 6.07) is 0.125. The molecule has 1 aromatic heterocycles. The van der Waals surface area contributed by atoms with E-state index in [-0.39, 0.29) is 11.4 Å². The van der Waals surface area contributed by atoms with Crippen LogP contribution in [0.4, 0.5) is 5.82 Å². The first-order valence-electron chi connectivity index (χ1n) is 4.39. The molecule has 0 saturated carbocycles. The number of hydrogen-bond donors (Lipinski definition) is 1. The van der Waals surface area contributed by atoms with E-state index >= 15 is 0 Å². The van der Waals surface area contributed by atoms with Gasteiger partial charge in [-0.3, -0.25) is 0 Å². The lowest BCUT2D eigenvalue weighted by Crippen LogP contribution is -2.24. The number of halogens is 1. The number of aromatic nitrogens is 2. The predicted molar refractivity (Wildman–Crippen MR) is 57.0 cm³/mol. The van der Waals surface area contributed by atoms with E-state index in [1.807, 2.05) is 13.8 Å². The Bertz CT molecular complexity index is 293. The molecule has 0 radical (unpaired) electrons. The molecule has 0 aliphatic heterocycles. The van der Waals surface area contributed by atoms with Crippen LogP contribution in [0.2, 0.25) is 0 Å². The van der Waals surface area contributed by atoms with Crippen molar-refractivity contribution in [3.05, 3.63) is 12.5 Å². The largest absolute Gasteiger partial charge is 0.491 e. The molecule has 4 nitrogen and oxygen atoms in total. The number of rotatable bonds is 4. The lowest BCUT2D eigenvalue weighted by atomic mass is 10.2. The minimum absolute atomic E-state index is 0.0228. The lowest BCUT2D eigenvalue weighted by Gasteiger charge is -2.17. The third kappa shape index (κ3) is 2.73. The van der Waals surface area contributed by atoms with Crippen LogP contribution >= 0.6 is 11.6 Å². The maximum atomic E-state index is 5.93. The van der Waals surface area contributed by atoms with Gasteiger partial charge in [-0.25, -0.2) is 9.97 Å². The molecular formula is C9H14ClN3O. The van der Waals surface area contributed by atoms with Gasteiger partial charge in [0.05, 0.1) is 18.7 Å². The van der Waals surface area contributed by atoms with Crippen LogP contribution in [-0.2, 0) is 0 Å².